The summed E-state index contributed by atoms with van der Waals surface area (Å²) in [6.07, 6.45) is 3.63. The summed E-state index contributed by atoms with van der Waals surface area (Å²) in [5.41, 5.74) is 1.17. The van der Waals surface area contributed by atoms with Crippen molar-refractivity contribution in [3.05, 3.63) is 18.2 Å². The molecule has 5 nitrogen and oxygen atoms in total. The number of amides is 1. The van der Waals surface area contributed by atoms with Crippen molar-refractivity contribution in [3.63, 3.8) is 0 Å². The third-order valence-corrected chi connectivity index (χ3v) is 3.37. The number of imidazole rings is 1. The first-order valence-electron chi connectivity index (χ1n) is 6.24. The van der Waals surface area contributed by atoms with Gasteiger partial charge in [0.25, 0.3) is 0 Å². The van der Waals surface area contributed by atoms with Gasteiger partial charge in [0, 0.05) is 44.0 Å². The maximum atomic E-state index is 12.0. The van der Waals surface area contributed by atoms with E-state index in [1.54, 1.807) is 6.33 Å². The zero-order valence-electron chi connectivity index (χ0n) is 10.5. The number of nitrogens with zero attached hydrogens (tertiary/aromatic N) is 3. The van der Waals surface area contributed by atoms with E-state index in [1.807, 2.05) is 29.5 Å². The summed E-state index contributed by atoms with van der Waals surface area (Å²) in [6.45, 7) is 7.94. The van der Waals surface area contributed by atoms with Gasteiger partial charge in [-0.2, -0.15) is 0 Å². The van der Waals surface area contributed by atoms with Gasteiger partial charge >= 0.3 is 0 Å². The van der Waals surface area contributed by atoms with Crippen LogP contribution in [0.4, 0.5) is 0 Å². The number of carbonyl (C=O) groups excluding carboxylic acids is 1. The predicted octanol–water partition coefficient (Wildman–Crippen LogP) is 0.438. The summed E-state index contributed by atoms with van der Waals surface area (Å²) >= 11 is 0. The molecular weight excluding hydrogens is 216 g/mol. The molecule has 1 amide bonds. The third-order valence-electron chi connectivity index (χ3n) is 3.37. The van der Waals surface area contributed by atoms with Crippen LogP contribution in [0.1, 0.15) is 25.5 Å². The Hall–Kier alpha value is -1.36. The van der Waals surface area contributed by atoms with Crippen LogP contribution in [0.3, 0.4) is 0 Å². The highest BCUT2D eigenvalue weighted by Gasteiger charge is 2.23. The molecule has 0 saturated carbocycles. The second kappa shape index (κ2) is 5.31. The third kappa shape index (κ3) is 2.49. The lowest BCUT2D eigenvalue weighted by molar-refractivity contribution is -0.131. The van der Waals surface area contributed by atoms with E-state index in [0.717, 1.165) is 26.2 Å². The average molecular weight is 236 g/mol. The van der Waals surface area contributed by atoms with Crippen molar-refractivity contribution < 1.29 is 4.79 Å². The molecule has 94 valence electrons. The second-order valence-corrected chi connectivity index (χ2v) is 4.37. The number of nitrogens with one attached hydrogen (secondary N) is 1. The van der Waals surface area contributed by atoms with E-state index in [4.69, 9.17) is 0 Å². The van der Waals surface area contributed by atoms with Crippen LogP contribution in [-0.4, -0.2) is 46.5 Å². The fourth-order valence-electron chi connectivity index (χ4n) is 2.12. The lowest BCUT2D eigenvalue weighted by Gasteiger charge is -2.28. The highest BCUT2D eigenvalue weighted by Crippen LogP contribution is 2.19. The fourth-order valence-corrected chi connectivity index (χ4v) is 2.12. The van der Waals surface area contributed by atoms with E-state index < -0.39 is 0 Å². The molecule has 1 N–H and O–H groups in total. The molecule has 0 aromatic carbocycles. The van der Waals surface area contributed by atoms with E-state index in [2.05, 4.69) is 10.3 Å². The molecule has 0 atom stereocenters. The standard InChI is InChI=1S/C12H20N4O/c1-3-15(4-2)12(17)8-16-9-14-7-11(16)10-5-13-6-10/h7,9-10,13H,3-6,8H2,1-2H3. The van der Waals surface area contributed by atoms with Gasteiger partial charge in [-0.3, -0.25) is 4.79 Å². The van der Waals surface area contributed by atoms with Crippen molar-refractivity contribution >= 4 is 5.91 Å². The Morgan fingerprint density at radius 1 is 1.53 bits per heavy atom. The van der Waals surface area contributed by atoms with Crippen LogP contribution in [0, 0.1) is 0 Å². The van der Waals surface area contributed by atoms with Gasteiger partial charge in [0.05, 0.1) is 6.33 Å². The van der Waals surface area contributed by atoms with Crippen molar-refractivity contribution in [1.29, 1.82) is 0 Å². The Morgan fingerprint density at radius 2 is 2.24 bits per heavy atom. The summed E-state index contributed by atoms with van der Waals surface area (Å²) in [5.74, 6) is 0.684. The molecule has 0 spiro atoms. The molecule has 1 aliphatic heterocycles. The summed E-state index contributed by atoms with van der Waals surface area (Å²) in [4.78, 5) is 18.0. The molecule has 1 aromatic heterocycles. The van der Waals surface area contributed by atoms with E-state index in [1.165, 1.54) is 5.69 Å². The smallest absolute Gasteiger partial charge is 0.242 e. The van der Waals surface area contributed by atoms with E-state index in [9.17, 15) is 4.79 Å². The molecule has 1 aromatic rings. The van der Waals surface area contributed by atoms with Gasteiger partial charge in [0.15, 0.2) is 0 Å². The number of aromatic nitrogens is 2. The molecule has 0 unspecified atom stereocenters. The van der Waals surface area contributed by atoms with Crippen LogP contribution in [0.2, 0.25) is 0 Å². The number of hydrogen-bond donors (Lipinski definition) is 1. The number of hydrogen-bond acceptors (Lipinski definition) is 3. The number of likely N-dealkylation sites (N-methyl/N-ethyl adjacent to an activating group) is 1. The molecule has 1 fully saturated rings. The highest BCUT2D eigenvalue weighted by atomic mass is 16.2. The Labute approximate surface area is 102 Å². The van der Waals surface area contributed by atoms with Crippen LogP contribution in [0.15, 0.2) is 12.5 Å². The Kier molecular flexibility index (Phi) is 3.78. The molecule has 1 saturated heterocycles. The van der Waals surface area contributed by atoms with Gasteiger partial charge in [0.1, 0.15) is 6.54 Å². The van der Waals surface area contributed by atoms with Gasteiger partial charge in [-0.15, -0.1) is 0 Å². The summed E-state index contributed by atoms with van der Waals surface area (Å²) in [7, 11) is 0. The number of carbonyl (C=O) groups is 1. The minimum atomic E-state index is 0.168. The molecule has 1 aliphatic rings. The first-order chi connectivity index (χ1) is 8.26. The van der Waals surface area contributed by atoms with Crippen LogP contribution in [0.5, 0.6) is 0 Å². The van der Waals surface area contributed by atoms with Crippen molar-refractivity contribution in [2.24, 2.45) is 0 Å². The first kappa shape index (κ1) is 12.1. The minimum absolute atomic E-state index is 0.168. The van der Waals surface area contributed by atoms with E-state index in [0.29, 0.717) is 12.5 Å². The minimum Gasteiger partial charge on any atom is -0.342 e. The molecule has 17 heavy (non-hydrogen) atoms. The lowest BCUT2D eigenvalue weighted by Crippen LogP contribution is -2.41. The van der Waals surface area contributed by atoms with Crippen LogP contribution in [-0.2, 0) is 11.3 Å². The zero-order chi connectivity index (χ0) is 12.3. The first-order valence-corrected chi connectivity index (χ1v) is 6.24. The second-order valence-electron chi connectivity index (χ2n) is 4.37. The van der Waals surface area contributed by atoms with Crippen LogP contribution >= 0.6 is 0 Å². The monoisotopic (exact) mass is 236 g/mol. The summed E-state index contributed by atoms with van der Waals surface area (Å²) < 4.78 is 1.98. The quantitative estimate of drug-likeness (QED) is 0.807. The van der Waals surface area contributed by atoms with Crippen molar-refractivity contribution in [3.8, 4) is 0 Å². The lowest BCUT2D eigenvalue weighted by atomic mass is 10.00. The van der Waals surface area contributed by atoms with Gasteiger partial charge in [-0.25, -0.2) is 4.98 Å². The summed E-state index contributed by atoms with van der Waals surface area (Å²) in [6, 6.07) is 0. The van der Waals surface area contributed by atoms with Crippen LogP contribution in [0.25, 0.3) is 0 Å². The SMILES string of the molecule is CCN(CC)C(=O)Cn1cncc1C1CNC1. The molecule has 0 bridgehead atoms. The van der Waals surface area contributed by atoms with Gasteiger partial charge < -0.3 is 14.8 Å². The molecule has 0 aliphatic carbocycles. The van der Waals surface area contributed by atoms with Gasteiger partial charge in [-0.05, 0) is 13.8 Å². The fraction of sp³-hybridized carbons (Fsp3) is 0.667. The Morgan fingerprint density at radius 3 is 2.76 bits per heavy atom. The maximum absolute atomic E-state index is 12.0. The van der Waals surface area contributed by atoms with Crippen molar-refractivity contribution in [2.45, 2.75) is 26.3 Å². The van der Waals surface area contributed by atoms with Gasteiger partial charge in [0.2, 0.25) is 5.91 Å². The average Bonchev–Trinajstić information content (AvgIpc) is 2.66. The van der Waals surface area contributed by atoms with Gasteiger partial charge in [-0.1, -0.05) is 0 Å². The van der Waals surface area contributed by atoms with E-state index in [-0.39, 0.29) is 5.91 Å². The highest BCUT2D eigenvalue weighted by molar-refractivity contribution is 5.76. The normalized spacial score (nSPS) is 15.6. The molecule has 2 rings (SSSR count). The summed E-state index contributed by atoms with van der Waals surface area (Å²) in [5, 5.41) is 3.24. The zero-order valence-corrected chi connectivity index (χ0v) is 10.5. The largest absolute Gasteiger partial charge is 0.342 e. The van der Waals surface area contributed by atoms with Crippen LogP contribution < -0.4 is 5.32 Å². The molecule has 0 radical (unpaired) electrons. The van der Waals surface area contributed by atoms with Crippen molar-refractivity contribution in [1.82, 2.24) is 19.8 Å². The number of rotatable bonds is 5. The van der Waals surface area contributed by atoms with E-state index >= 15 is 0 Å². The topological polar surface area (TPSA) is 50.2 Å². The maximum Gasteiger partial charge on any atom is 0.242 e. The Bertz CT molecular complexity index is 380. The predicted molar refractivity (Wildman–Crippen MR) is 65.8 cm³/mol. The molecular formula is C12H20N4O. The van der Waals surface area contributed by atoms with Crippen molar-refractivity contribution in [2.75, 3.05) is 26.2 Å². The molecule has 2 heterocycles. The Balaban J connectivity index is 2.02. The molecule has 5 heteroatoms.